The Morgan fingerprint density at radius 2 is 2.47 bits per heavy atom. The largest absolute Gasteiger partial charge is 0.342 e. The summed E-state index contributed by atoms with van der Waals surface area (Å²) in [7, 11) is 1.90. The number of amides is 1. The summed E-state index contributed by atoms with van der Waals surface area (Å²) in [5, 5.41) is 7.32. The summed E-state index contributed by atoms with van der Waals surface area (Å²) >= 11 is 1.68. The van der Waals surface area contributed by atoms with E-state index in [1.54, 1.807) is 11.3 Å². The number of hydrogen-bond donors (Lipinski definition) is 1. The van der Waals surface area contributed by atoms with Crippen LogP contribution in [-0.2, 0) is 11.3 Å². The van der Waals surface area contributed by atoms with Gasteiger partial charge in [-0.25, -0.2) is 0 Å². The average Bonchev–Trinajstić information content (AvgIpc) is 2.96. The molecule has 0 unspecified atom stereocenters. The average molecular weight is 224 g/mol. The molecule has 82 valence electrons. The van der Waals surface area contributed by atoms with Gasteiger partial charge in [0, 0.05) is 19.6 Å². The fraction of sp³-hybridized carbons (Fsp3) is 0.545. The summed E-state index contributed by atoms with van der Waals surface area (Å²) in [6.07, 6.45) is 2.35. The van der Waals surface area contributed by atoms with Crippen LogP contribution >= 0.6 is 11.3 Å². The van der Waals surface area contributed by atoms with Crippen molar-refractivity contribution < 1.29 is 4.79 Å². The van der Waals surface area contributed by atoms with Crippen LogP contribution < -0.4 is 5.32 Å². The Labute approximate surface area is 94.1 Å². The van der Waals surface area contributed by atoms with E-state index in [0.29, 0.717) is 12.6 Å². The molecule has 0 aromatic carbocycles. The Kier molecular flexibility index (Phi) is 3.38. The number of nitrogens with one attached hydrogen (secondary N) is 1. The number of carbonyl (C=O) groups is 1. The molecule has 1 aromatic rings. The van der Waals surface area contributed by atoms with Crippen molar-refractivity contribution in [2.24, 2.45) is 0 Å². The van der Waals surface area contributed by atoms with Gasteiger partial charge in [-0.05, 0) is 35.2 Å². The Morgan fingerprint density at radius 1 is 1.67 bits per heavy atom. The minimum atomic E-state index is 0.202. The lowest BCUT2D eigenvalue weighted by molar-refractivity contribution is -0.129. The fourth-order valence-corrected chi connectivity index (χ4v) is 2.17. The van der Waals surface area contributed by atoms with E-state index in [1.807, 2.05) is 11.9 Å². The Balaban J connectivity index is 1.67. The molecule has 1 aliphatic rings. The topological polar surface area (TPSA) is 32.3 Å². The number of carbonyl (C=O) groups excluding carboxylic acids is 1. The number of hydrogen-bond acceptors (Lipinski definition) is 3. The third kappa shape index (κ3) is 3.04. The number of likely N-dealkylation sites (N-methyl/N-ethyl adjacent to an activating group) is 1. The minimum absolute atomic E-state index is 0.202. The van der Waals surface area contributed by atoms with E-state index >= 15 is 0 Å². The van der Waals surface area contributed by atoms with Gasteiger partial charge in [0.15, 0.2) is 0 Å². The third-order valence-electron chi connectivity index (χ3n) is 2.67. The minimum Gasteiger partial charge on any atom is -0.342 e. The standard InChI is InChI=1S/C11H16N2OS/c1-13(10-2-3-10)11(14)7-12-6-9-4-5-15-8-9/h4-5,8,10,12H,2-3,6-7H2,1H3. The summed E-state index contributed by atoms with van der Waals surface area (Å²) in [6, 6.07) is 2.59. The maximum Gasteiger partial charge on any atom is 0.236 e. The molecule has 0 saturated heterocycles. The summed E-state index contributed by atoms with van der Waals surface area (Å²) < 4.78 is 0. The summed E-state index contributed by atoms with van der Waals surface area (Å²) in [6.45, 7) is 1.23. The number of rotatable bonds is 5. The van der Waals surface area contributed by atoms with Gasteiger partial charge >= 0.3 is 0 Å². The van der Waals surface area contributed by atoms with Crippen LogP contribution in [0.3, 0.4) is 0 Å². The van der Waals surface area contributed by atoms with Crippen molar-refractivity contribution in [1.29, 1.82) is 0 Å². The van der Waals surface area contributed by atoms with Crippen LogP contribution in [0.2, 0.25) is 0 Å². The van der Waals surface area contributed by atoms with Crippen LogP contribution in [0.5, 0.6) is 0 Å². The molecule has 1 aromatic heterocycles. The van der Waals surface area contributed by atoms with Crippen molar-refractivity contribution in [3.05, 3.63) is 22.4 Å². The van der Waals surface area contributed by atoms with Crippen LogP contribution in [0.15, 0.2) is 16.8 Å². The van der Waals surface area contributed by atoms with E-state index in [9.17, 15) is 4.79 Å². The molecule has 2 rings (SSSR count). The predicted octanol–water partition coefficient (Wildman–Crippen LogP) is 1.46. The fourth-order valence-electron chi connectivity index (χ4n) is 1.50. The van der Waals surface area contributed by atoms with Crippen LogP contribution in [0.4, 0.5) is 0 Å². The van der Waals surface area contributed by atoms with Crippen molar-refractivity contribution in [3.8, 4) is 0 Å². The van der Waals surface area contributed by atoms with Gasteiger partial charge in [0.05, 0.1) is 6.54 Å². The zero-order valence-corrected chi connectivity index (χ0v) is 9.72. The second-order valence-corrected chi connectivity index (χ2v) is 4.75. The molecule has 1 aliphatic carbocycles. The van der Waals surface area contributed by atoms with E-state index in [4.69, 9.17) is 0 Å². The molecule has 1 N–H and O–H groups in total. The molecule has 3 nitrogen and oxygen atoms in total. The van der Waals surface area contributed by atoms with Gasteiger partial charge in [-0.15, -0.1) is 0 Å². The Hall–Kier alpha value is -0.870. The lowest BCUT2D eigenvalue weighted by atomic mass is 10.3. The number of nitrogens with zero attached hydrogens (tertiary/aromatic N) is 1. The predicted molar refractivity (Wildman–Crippen MR) is 61.8 cm³/mol. The van der Waals surface area contributed by atoms with E-state index in [2.05, 4.69) is 22.1 Å². The maximum atomic E-state index is 11.6. The molecule has 0 radical (unpaired) electrons. The molecule has 4 heteroatoms. The van der Waals surface area contributed by atoms with Crippen molar-refractivity contribution in [1.82, 2.24) is 10.2 Å². The first-order chi connectivity index (χ1) is 7.27. The first kappa shape index (κ1) is 10.6. The highest BCUT2D eigenvalue weighted by atomic mass is 32.1. The van der Waals surface area contributed by atoms with Gasteiger partial charge in [-0.2, -0.15) is 11.3 Å². The van der Waals surface area contributed by atoms with E-state index in [-0.39, 0.29) is 5.91 Å². The van der Waals surface area contributed by atoms with Gasteiger partial charge < -0.3 is 10.2 Å². The van der Waals surface area contributed by atoms with Crippen LogP contribution in [0, 0.1) is 0 Å². The molecule has 1 heterocycles. The van der Waals surface area contributed by atoms with Crippen molar-refractivity contribution >= 4 is 17.2 Å². The second-order valence-electron chi connectivity index (χ2n) is 3.97. The van der Waals surface area contributed by atoms with Gasteiger partial charge in [-0.3, -0.25) is 4.79 Å². The van der Waals surface area contributed by atoms with Crippen LogP contribution in [0.1, 0.15) is 18.4 Å². The summed E-state index contributed by atoms with van der Waals surface area (Å²) in [5.41, 5.74) is 1.25. The molecule has 15 heavy (non-hydrogen) atoms. The lowest BCUT2D eigenvalue weighted by Crippen LogP contribution is -2.36. The Bertz CT molecular complexity index is 319. The van der Waals surface area contributed by atoms with Crippen LogP contribution in [-0.4, -0.2) is 30.4 Å². The molecular weight excluding hydrogens is 208 g/mol. The smallest absolute Gasteiger partial charge is 0.236 e. The van der Waals surface area contributed by atoms with Gasteiger partial charge in [0.1, 0.15) is 0 Å². The zero-order valence-electron chi connectivity index (χ0n) is 8.90. The highest BCUT2D eigenvalue weighted by molar-refractivity contribution is 7.07. The highest BCUT2D eigenvalue weighted by Crippen LogP contribution is 2.25. The molecule has 0 aliphatic heterocycles. The van der Waals surface area contributed by atoms with Crippen LogP contribution in [0.25, 0.3) is 0 Å². The Morgan fingerprint density at radius 3 is 3.07 bits per heavy atom. The first-order valence-electron chi connectivity index (χ1n) is 5.25. The second kappa shape index (κ2) is 4.77. The monoisotopic (exact) mass is 224 g/mol. The van der Waals surface area contributed by atoms with Crippen molar-refractivity contribution in [2.45, 2.75) is 25.4 Å². The summed E-state index contributed by atoms with van der Waals surface area (Å²) in [5.74, 6) is 0.202. The SMILES string of the molecule is CN(C(=O)CNCc1ccsc1)C1CC1. The number of thiophene rings is 1. The molecule has 0 spiro atoms. The van der Waals surface area contributed by atoms with Gasteiger partial charge in [0.25, 0.3) is 0 Å². The highest BCUT2D eigenvalue weighted by Gasteiger charge is 2.28. The van der Waals surface area contributed by atoms with E-state index < -0.39 is 0 Å². The molecule has 1 fully saturated rings. The summed E-state index contributed by atoms with van der Waals surface area (Å²) in [4.78, 5) is 13.5. The maximum absolute atomic E-state index is 11.6. The molecular formula is C11H16N2OS. The van der Waals surface area contributed by atoms with Crippen molar-refractivity contribution in [3.63, 3.8) is 0 Å². The van der Waals surface area contributed by atoms with Gasteiger partial charge in [-0.1, -0.05) is 0 Å². The van der Waals surface area contributed by atoms with Crippen molar-refractivity contribution in [2.75, 3.05) is 13.6 Å². The molecule has 1 saturated carbocycles. The van der Waals surface area contributed by atoms with Gasteiger partial charge in [0.2, 0.25) is 5.91 Å². The third-order valence-corrected chi connectivity index (χ3v) is 3.41. The zero-order chi connectivity index (χ0) is 10.7. The molecule has 1 amide bonds. The normalized spacial score (nSPS) is 15.3. The van der Waals surface area contributed by atoms with E-state index in [1.165, 1.54) is 18.4 Å². The first-order valence-corrected chi connectivity index (χ1v) is 6.19. The molecule has 0 bridgehead atoms. The molecule has 0 atom stereocenters. The van der Waals surface area contributed by atoms with E-state index in [0.717, 1.165) is 6.54 Å². The quantitative estimate of drug-likeness (QED) is 0.821. The lowest BCUT2D eigenvalue weighted by Gasteiger charge is -2.16.